The Morgan fingerprint density at radius 2 is 2.00 bits per heavy atom. The fraction of sp³-hybridized carbons (Fsp3) is 0.333. The Labute approximate surface area is 177 Å². The molecule has 8 heteroatoms. The van der Waals surface area contributed by atoms with Crippen molar-refractivity contribution in [2.75, 3.05) is 42.9 Å². The molecule has 2 aliphatic rings. The lowest BCUT2D eigenvalue weighted by molar-refractivity contribution is -0.115. The highest BCUT2D eigenvalue weighted by Gasteiger charge is 2.23. The van der Waals surface area contributed by atoms with Gasteiger partial charge in [0.15, 0.2) is 0 Å². The van der Waals surface area contributed by atoms with Crippen molar-refractivity contribution in [3.8, 4) is 0 Å². The Bertz CT molecular complexity index is 1060. The number of fused-ring (bicyclic) bond motifs is 2. The molecule has 2 aromatic carbocycles. The number of piperazine rings is 1. The molecular formula is C21H21FN4OS2. The first-order valence-corrected chi connectivity index (χ1v) is 11.3. The summed E-state index contributed by atoms with van der Waals surface area (Å²) in [5, 5.41) is 4.03. The van der Waals surface area contributed by atoms with Crippen LogP contribution in [-0.2, 0) is 17.6 Å². The molecule has 0 atom stereocenters. The molecule has 3 heterocycles. The van der Waals surface area contributed by atoms with Crippen LogP contribution in [0.15, 0.2) is 41.3 Å². The van der Waals surface area contributed by atoms with Crippen molar-refractivity contribution < 1.29 is 8.68 Å². The molecule has 2 aliphatic heterocycles. The van der Waals surface area contributed by atoms with Gasteiger partial charge in [-0.1, -0.05) is 18.2 Å². The number of benzene rings is 2. The second-order valence-corrected chi connectivity index (χ2v) is 8.90. The van der Waals surface area contributed by atoms with Crippen molar-refractivity contribution in [3.63, 3.8) is 0 Å². The Kier molecular flexibility index (Phi) is 5.15. The van der Waals surface area contributed by atoms with Crippen LogP contribution in [0.4, 0.5) is 15.4 Å². The fourth-order valence-electron chi connectivity index (χ4n) is 4.14. The summed E-state index contributed by atoms with van der Waals surface area (Å²) in [7, 11) is 0. The van der Waals surface area contributed by atoms with Crippen molar-refractivity contribution in [2.45, 2.75) is 17.7 Å². The first-order valence-electron chi connectivity index (χ1n) is 9.77. The van der Waals surface area contributed by atoms with Gasteiger partial charge >= 0.3 is 0 Å². The minimum absolute atomic E-state index is 0.0161. The van der Waals surface area contributed by atoms with E-state index >= 15 is 0 Å². The smallest absolute Gasteiger partial charge is 0.228 e. The molecule has 5 rings (SSSR count). The molecule has 0 saturated carbocycles. The molecule has 1 fully saturated rings. The van der Waals surface area contributed by atoms with Crippen LogP contribution in [0.3, 0.4) is 0 Å². The number of nitrogens with one attached hydrogen (secondary N) is 1. The summed E-state index contributed by atoms with van der Waals surface area (Å²) in [6, 6.07) is 12.1. The van der Waals surface area contributed by atoms with Gasteiger partial charge in [0.1, 0.15) is 5.82 Å². The number of amides is 1. The Morgan fingerprint density at radius 3 is 2.83 bits per heavy atom. The topological polar surface area (TPSA) is 48.5 Å². The molecule has 0 aliphatic carbocycles. The largest absolute Gasteiger partial charge is 0.353 e. The maximum absolute atomic E-state index is 13.4. The van der Waals surface area contributed by atoms with E-state index in [-0.39, 0.29) is 18.1 Å². The number of rotatable bonds is 5. The lowest BCUT2D eigenvalue weighted by atomic mass is 10.1. The van der Waals surface area contributed by atoms with Gasteiger partial charge in [0.05, 0.1) is 23.3 Å². The van der Waals surface area contributed by atoms with Crippen LogP contribution in [-0.4, -0.2) is 47.9 Å². The lowest BCUT2D eigenvalue weighted by Crippen LogP contribution is -2.47. The summed E-state index contributed by atoms with van der Waals surface area (Å²) in [5.74, 6) is 1.08. The van der Waals surface area contributed by atoms with Gasteiger partial charge in [0.25, 0.3) is 0 Å². The van der Waals surface area contributed by atoms with Crippen LogP contribution in [0.5, 0.6) is 0 Å². The molecule has 1 N–H and O–H groups in total. The van der Waals surface area contributed by atoms with E-state index in [1.54, 1.807) is 17.6 Å². The molecule has 0 unspecified atom stereocenters. The summed E-state index contributed by atoms with van der Waals surface area (Å²) < 4.78 is 19.3. The lowest BCUT2D eigenvalue weighted by Gasteiger charge is -2.35. The van der Waals surface area contributed by atoms with Gasteiger partial charge in [0.2, 0.25) is 5.91 Å². The predicted molar refractivity (Wildman–Crippen MR) is 118 cm³/mol. The highest BCUT2D eigenvalue weighted by molar-refractivity contribution is 7.94. The standard InChI is InChI=1S/C21H21FN4OS2/c22-28-19-13-17-15(12-20(27)23-17)11-14(19)5-6-25-7-9-26(10-8-25)21-16-3-1-2-4-18(16)29-24-21/h1-4,11,13H,5-10,12H2,(H,23,27). The average molecular weight is 429 g/mol. The van der Waals surface area contributed by atoms with E-state index < -0.39 is 0 Å². The van der Waals surface area contributed by atoms with E-state index in [0.717, 1.165) is 61.8 Å². The second-order valence-electron chi connectivity index (χ2n) is 7.50. The summed E-state index contributed by atoms with van der Waals surface area (Å²) >= 11 is 1.82. The van der Waals surface area contributed by atoms with Crippen molar-refractivity contribution in [2.24, 2.45) is 0 Å². The molecule has 0 bridgehead atoms. The van der Waals surface area contributed by atoms with Crippen molar-refractivity contribution >= 4 is 51.2 Å². The SMILES string of the molecule is O=C1Cc2cc(CCN3CCN(c4nsc5ccccc45)CC3)c(SF)cc2N1. The summed E-state index contributed by atoms with van der Waals surface area (Å²) in [4.78, 5) is 17.0. The monoisotopic (exact) mass is 428 g/mol. The number of carbonyl (C=O) groups excluding carboxylic acids is 1. The number of hydrogen-bond acceptors (Lipinski definition) is 6. The zero-order valence-electron chi connectivity index (χ0n) is 15.9. The number of nitrogens with zero attached hydrogens (tertiary/aromatic N) is 3. The fourth-order valence-corrected chi connectivity index (χ4v) is 5.35. The average Bonchev–Trinajstić information content (AvgIpc) is 3.34. The van der Waals surface area contributed by atoms with E-state index in [9.17, 15) is 8.68 Å². The Morgan fingerprint density at radius 1 is 1.17 bits per heavy atom. The van der Waals surface area contributed by atoms with Crippen LogP contribution in [0.2, 0.25) is 0 Å². The molecule has 1 aromatic heterocycles. The summed E-state index contributed by atoms with van der Waals surface area (Å²) in [6.45, 7) is 4.71. The minimum Gasteiger partial charge on any atom is -0.353 e. The molecule has 0 spiro atoms. The molecule has 1 amide bonds. The van der Waals surface area contributed by atoms with Crippen LogP contribution in [0.1, 0.15) is 11.1 Å². The maximum Gasteiger partial charge on any atom is 0.228 e. The number of halogens is 1. The molecule has 5 nitrogen and oxygen atoms in total. The van der Waals surface area contributed by atoms with Crippen LogP contribution in [0, 0.1) is 0 Å². The number of hydrogen-bond donors (Lipinski definition) is 1. The highest BCUT2D eigenvalue weighted by Crippen LogP contribution is 2.34. The number of carbonyl (C=O) groups is 1. The first-order chi connectivity index (χ1) is 14.2. The molecule has 1 saturated heterocycles. The van der Waals surface area contributed by atoms with E-state index in [1.807, 2.05) is 6.07 Å². The van der Waals surface area contributed by atoms with Gasteiger partial charge in [-0.25, -0.2) is 0 Å². The van der Waals surface area contributed by atoms with E-state index in [1.165, 1.54) is 10.1 Å². The normalized spacial score (nSPS) is 17.0. The first kappa shape index (κ1) is 18.8. The van der Waals surface area contributed by atoms with Gasteiger partial charge in [-0.15, -0.1) is 0 Å². The van der Waals surface area contributed by atoms with Gasteiger partial charge in [-0.3, -0.25) is 9.69 Å². The van der Waals surface area contributed by atoms with Gasteiger partial charge < -0.3 is 10.2 Å². The van der Waals surface area contributed by atoms with Gasteiger partial charge in [0, 0.05) is 48.7 Å². The zero-order chi connectivity index (χ0) is 19.8. The third-order valence-electron chi connectivity index (χ3n) is 5.72. The zero-order valence-corrected chi connectivity index (χ0v) is 17.5. The minimum atomic E-state index is -0.0161. The maximum atomic E-state index is 13.4. The van der Waals surface area contributed by atoms with E-state index in [4.69, 9.17) is 0 Å². The third kappa shape index (κ3) is 3.72. The molecule has 0 radical (unpaired) electrons. The van der Waals surface area contributed by atoms with E-state index in [0.29, 0.717) is 11.3 Å². The number of aromatic nitrogens is 1. The quantitative estimate of drug-likeness (QED) is 0.662. The Hall–Kier alpha value is -2.16. The second kappa shape index (κ2) is 7.93. The third-order valence-corrected chi connectivity index (χ3v) is 7.09. The molecule has 29 heavy (non-hydrogen) atoms. The van der Waals surface area contributed by atoms with Gasteiger partial charge in [-0.05, 0) is 47.3 Å². The van der Waals surface area contributed by atoms with Crippen LogP contribution in [0.25, 0.3) is 10.1 Å². The summed E-state index contributed by atoms with van der Waals surface area (Å²) in [5.41, 5.74) is 2.71. The van der Waals surface area contributed by atoms with Crippen LogP contribution >= 0.6 is 23.7 Å². The van der Waals surface area contributed by atoms with Crippen molar-refractivity contribution in [1.82, 2.24) is 9.27 Å². The molecular weight excluding hydrogens is 407 g/mol. The highest BCUT2D eigenvalue weighted by atomic mass is 32.2. The Balaban J connectivity index is 1.22. The van der Waals surface area contributed by atoms with Crippen molar-refractivity contribution in [1.29, 1.82) is 0 Å². The molecule has 3 aromatic rings. The van der Waals surface area contributed by atoms with Crippen LogP contribution < -0.4 is 10.2 Å². The molecule has 150 valence electrons. The predicted octanol–water partition coefficient (Wildman–Crippen LogP) is 4.13. The number of anilines is 2. The van der Waals surface area contributed by atoms with E-state index in [2.05, 4.69) is 43.8 Å². The van der Waals surface area contributed by atoms with Crippen molar-refractivity contribution in [3.05, 3.63) is 47.5 Å². The summed E-state index contributed by atoms with van der Waals surface area (Å²) in [6.07, 6.45) is 1.17. The van der Waals surface area contributed by atoms with Gasteiger partial charge in [-0.2, -0.15) is 8.26 Å².